The van der Waals surface area contributed by atoms with Crippen molar-refractivity contribution < 1.29 is 24.5 Å². The van der Waals surface area contributed by atoms with Crippen molar-refractivity contribution in [1.29, 1.82) is 0 Å². The molecule has 0 amide bonds. The van der Waals surface area contributed by atoms with Crippen LogP contribution in [0.4, 0.5) is 0 Å². The lowest BCUT2D eigenvalue weighted by atomic mass is 9.82. The van der Waals surface area contributed by atoms with Crippen LogP contribution in [0.2, 0.25) is 0 Å². The summed E-state index contributed by atoms with van der Waals surface area (Å²) in [6, 6.07) is 0. The number of rotatable bonds is 24. The van der Waals surface area contributed by atoms with Gasteiger partial charge in [-0.2, -0.15) is 0 Å². The van der Waals surface area contributed by atoms with E-state index >= 15 is 0 Å². The molecule has 32 heavy (non-hydrogen) atoms. The average Bonchev–Trinajstić information content (AvgIpc) is 2.79. The van der Waals surface area contributed by atoms with Gasteiger partial charge in [0.1, 0.15) is 6.10 Å². The molecule has 0 aromatic rings. The Bertz CT molecular complexity index is 441. The second kappa shape index (κ2) is 20.8. The Labute approximate surface area is 197 Å². The van der Waals surface area contributed by atoms with Crippen LogP contribution >= 0.6 is 0 Å². The first-order chi connectivity index (χ1) is 15.5. The molecule has 0 saturated heterocycles. The van der Waals surface area contributed by atoms with E-state index in [2.05, 4.69) is 20.8 Å². The highest BCUT2D eigenvalue weighted by molar-refractivity contribution is 6.11. The Balaban J connectivity index is 4.77. The topological polar surface area (TPSA) is 83.8 Å². The van der Waals surface area contributed by atoms with Gasteiger partial charge in [0.25, 0.3) is 0 Å². The lowest BCUT2D eigenvalue weighted by molar-refractivity contribution is -0.178. The summed E-state index contributed by atoms with van der Waals surface area (Å²) in [6.45, 7) is 5.94. The highest BCUT2D eigenvalue weighted by atomic mass is 16.5. The number of aliphatic hydroxyl groups is 2. The maximum Gasteiger partial charge on any atom is 0.212 e. The van der Waals surface area contributed by atoms with Gasteiger partial charge in [0.05, 0.1) is 6.61 Å². The van der Waals surface area contributed by atoms with Gasteiger partial charge in [-0.25, -0.2) is 0 Å². The molecule has 0 spiro atoms. The van der Waals surface area contributed by atoms with E-state index in [4.69, 9.17) is 4.74 Å². The van der Waals surface area contributed by atoms with Gasteiger partial charge in [0.2, 0.25) is 5.60 Å². The van der Waals surface area contributed by atoms with Crippen LogP contribution < -0.4 is 0 Å². The van der Waals surface area contributed by atoms with Crippen molar-refractivity contribution in [3.8, 4) is 0 Å². The summed E-state index contributed by atoms with van der Waals surface area (Å²) in [7, 11) is 0. The SMILES string of the molecule is CCCCCCCCCCCCOC(C(=O)CCCCC)(C(=O)CCCCC)C(O)CO. The third-order valence-corrected chi connectivity index (χ3v) is 6.31. The first kappa shape index (κ1) is 31.2. The van der Waals surface area contributed by atoms with Gasteiger partial charge in [0, 0.05) is 19.4 Å². The van der Waals surface area contributed by atoms with Crippen molar-refractivity contribution in [2.75, 3.05) is 13.2 Å². The molecular weight excluding hydrogens is 404 g/mol. The van der Waals surface area contributed by atoms with Gasteiger partial charge in [-0.1, -0.05) is 104 Å². The normalized spacial score (nSPS) is 12.8. The minimum atomic E-state index is -1.91. The lowest BCUT2D eigenvalue weighted by Crippen LogP contribution is -2.59. The maximum atomic E-state index is 13.1. The number of hydrogen-bond donors (Lipinski definition) is 2. The number of unbranched alkanes of at least 4 members (excludes halogenated alkanes) is 13. The first-order valence-electron chi connectivity index (χ1n) is 13.5. The predicted molar refractivity (Wildman–Crippen MR) is 132 cm³/mol. The van der Waals surface area contributed by atoms with Gasteiger partial charge in [-0.05, 0) is 19.3 Å². The Morgan fingerprint density at radius 1 is 0.656 bits per heavy atom. The van der Waals surface area contributed by atoms with Gasteiger partial charge >= 0.3 is 0 Å². The monoisotopic (exact) mass is 456 g/mol. The standard InChI is InChI=1S/C27H52O5/c1-4-7-10-11-12-13-14-15-16-19-22-32-27(26(31)23-28,24(29)20-17-8-5-2)25(30)21-18-9-6-3/h26,28,31H,4-23H2,1-3H3. The molecule has 0 fully saturated rings. The Hall–Kier alpha value is -0.780. The Morgan fingerprint density at radius 3 is 1.44 bits per heavy atom. The zero-order valence-corrected chi connectivity index (χ0v) is 21.3. The molecule has 0 bridgehead atoms. The highest BCUT2D eigenvalue weighted by Crippen LogP contribution is 2.26. The molecule has 1 atom stereocenters. The van der Waals surface area contributed by atoms with Crippen LogP contribution in [-0.4, -0.2) is 46.7 Å². The molecule has 0 heterocycles. The molecule has 0 aliphatic rings. The van der Waals surface area contributed by atoms with E-state index in [1.165, 1.54) is 44.9 Å². The van der Waals surface area contributed by atoms with E-state index in [9.17, 15) is 19.8 Å². The average molecular weight is 457 g/mol. The molecule has 0 rings (SSSR count). The largest absolute Gasteiger partial charge is 0.394 e. The molecule has 5 nitrogen and oxygen atoms in total. The molecule has 190 valence electrons. The number of carbonyl (C=O) groups is 2. The molecule has 0 aromatic heterocycles. The van der Waals surface area contributed by atoms with Gasteiger partial charge in [0.15, 0.2) is 11.6 Å². The van der Waals surface area contributed by atoms with Gasteiger partial charge < -0.3 is 14.9 Å². The van der Waals surface area contributed by atoms with E-state index in [1.54, 1.807) is 0 Å². The van der Waals surface area contributed by atoms with Crippen LogP contribution in [0.1, 0.15) is 136 Å². The zero-order valence-electron chi connectivity index (χ0n) is 21.3. The number of ether oxygens (including phenoxy) is 1. The molecule has 0 aliphatic heterocycles. The molecule has 0 saturated carbocycles. The number of Topliss-reactive ketones (excluding diaryl/α,β-unsaturated/α-hetero) is 2. The quantitative estimate of drug-likeness (QED) is 0.131. The van der Waals surface area contributed by atoms with Crippen LogP contribution in [0.15, 0.2) is 0 Å². The third-order valence-electron chi connectivity index (χ3n) is 6.31. The summed E-state index contributed by atoms with van der Waals surface area (Å²) in [5.41, 5.74) is -1.91. The minimum absolute atomic E-state index is 0.197. The molecule has 0 aromatic carbocycles. The molecule has 2 N–H and O–H groups in total. The van der Waals surface area contributed by atoms with Crippen LogP contribution in [0.5, 0.6) is 0 Å². The van der Waals surface area contributed by atoms with Crippen molar-refractivity contribution >= 4 is 11.6 Å². The number of carbonyl (C=O) groups excluding carboxylic acids is 2. The van der Waals surface area contributed by atoms with Gasteiger partial charge in [-0.15, -0.1) is 0 Å². The van der Waals surface area contributed by atoms with Crippen LogP contribution in [-0.2, 0) is 14.3 Å². The van der Waals surface area contributed by atoms with Crippen molar-refractivity contribution in [1.82, 2.24) is 0 Å². The fraction of sp³-hybridized carbons (Fsp3) is 0.926. The Kier molecular flexibility index (Phi) is 20.3. The second-order valence-corrected chi connectivity index (χ2v) is 9.23. The third kappa shape index (κ3) is 12.5. The van der Waals surface area contributed by atoms with E-state index in [0.29, 0.717) is 12.8 Å². The maximum absolute atomic E-state index is 13.1. The summed E-state index contributed by atoms with van der Waals surface area (Å²) >= 11 is 0. The summed E-state index contributed by atoms with van der Waals surface area (Å²) in [5.74, 6) is -0.748. The van der Waals surface area contributed by atoms with E-state index in [1.807, 2.05) is 0 Å². The molecule has 5 heteroatoms. The molecule has 0 aliphatic carbocycles. The van der Waals surface area contributed by atoms with Crippen molar-refractivity contribution in [3.05, 3.63) is 0 Å². The van der Waals surface area contributed by atoms with Crippen LogP contribution in [0, 0.1) is 0 Å². The first-order valence-corrected chi connectivity index (χ1v) is 13.5. The molecule has 1 unspecified atom stereocenters. The fourth-order valence-corrected chi connectivity index (χ4v) is 4.18. The fourth-order valence-electron chi connectivity index (χ4n) is 4.18. The summed E-state index contributed by atoms with van der Waals surface area (Å²) in [6.07, 6.45) is 15.8. The summed E-state index contributed by atoms with van der Waals surface area (Å²) < 4.78 is 5.93. The predicted octanol–water partition coefficient (Wildman–Crippen LogP) is 6.31. The van der Waals surface area contributed by atoms with Gasteiger partial charge in [-0.3, -0.25) is 9.59 Å². The summed E-state index contributed by atoms with van der Waals surface area (Å²) in [5, 5.41) is 20.2. The molecular formula is C27H52O5. The van der Waals surface area contributed by atoms with Crippen molar-refractivity contribution in [2.45, 2.75) is 148 Å². The van der Waals surface area contributed by atoms with E-state index in [-0.39, 0.29) is 31.0 Å². The van der Waals surface area contributed by atoms with E-state index < -0.39 is 18.3 Å². The van der Waals surface area contributed by atoms with Crippen molar-refractivity contribution in [2.24, 2.45) is 0 Å². The van der Waals surface area contributed by atoms with Crippen LogP contribution in [0.3, 0.4) is 0 Å². The lowest BCUT2D eigenvalue weighted by Gasteiger charge is -2.35. The second-order valence-electron chi connectivity index (χ2n) is 9.23. The Morgan fingerprint density at radius 2 is 1.03 bits per heavy atom. The number of ketones is 2. The number of hydrogen-bond acceptors (Lipinski definition) is 5. The van der Waals surface area contributed by atoms with Crippen LogP contribution in [0.25, 0.3) is 0 Å². The zero-order chi connectivity index (χ0) is 24.1. The highest BCUT2D eigenvalue weighted by Gasteiger charge is 2.51. The smallest absolute Gasteiger partial charge is 0.212 e. The summed E-state index contributed by atoms with van der Waals surface area (Å²) in [4.78, 5) is 26.2. The number of aliphatic hydroxyl groups excluding tert-OH is 2. The van der Waals surface area contributed by atoms with Crippen molar-refractivity contribution in [3.63, 3.8) is 0 Å². The molecule has 0 radical (unpaired) electrons. The van der Waals surface area contributed by atoms with E-state index in [0.717, 1.165) is 44.9 Å². The minimum Gasteiger partial charge on any atom is -0.394 e.